The molecular weight excluding hydrogens is 337 g/mol. The Morgan fingerprint density at radius 3 is 2.52 bits per heavy atom. The molecule has 0 spiro atoms. The molecule has 2 aromatic carbocycles. The quantitative estimate of drug-likeness (QED) is 0.717. The SMILES string of the molecule is CC(C)N1CCN(CCc2c(-c3cccc(F)c3)[nH]c3ccccc23)CC1. The van der Waals surface area contributed by atoms with Crippen LogP contribution in [0, 0.1) is 5.82 Å². The summed E-state index contributed by atoms with van der Waals surface area (Å²) in [5.74, 6) is -0.193. The molecule has 1 N–H and O–H groups in total. The van der Waals surface area contributed by atoms with Gasteiger partial charge >= 0.3 is 0 Å². The van der Waals surface area contributed by atoms with Gasteiger partial charge in [0.15, 0.2) is 0 Å². The average molecular weight is 365 g/mol. The first-order valence-electron chi connectivity index (χ1n) is 9.94. The number of H-pyrrole nitrogens is 1. The van der Waals surface area contributed by atoms with Gasteiger partial charge in [0.05, 0.1) is 0 Å². The van der Waals surface area contributed by atoms with Gasteiger partial charge in [-0.25, -0.2) is 4.39 Å². The van der Waals surface area contributed by atoms with Crippen molar-refractivity contribution in [2.75, 3.05) is 32.7 Å². The highest BCUT2D eigenvalue weighted by Crippen LogP contribution is 2.31. The highest BCUT2D eigenvalue weighted by molar-refractivity contribution is 5.90. The molecule has 1 aromatic heterocycles. The number of para-hydroxylation sites is 1. The summed E-state index contributed by atoms with van der Waals surface area (Å²) in [6.07, 6.45) is 0.970. The van der Waals surface area contributed by atoms with Crippen molar-refractivity contribution in [3.05, 3.63) is 59.9 Å². The van der Waals surface area contributed by atoms with Gasteiger partial charge in [-0.15, -0.1) is 0 Å². The zero-order chi connectivity index (χ0) is 18.8. The van der Waals surface area contributed by atoms with Crippen LogP contribution >= 0.6 is 0 Å². The molecule has 27 heavy (non-hydrogen) atoms. The number of piperazine rings is 1. The minimum absolute atomic E-state index is 0.193. The Morgan fingerprint density at radius 1 is 1.00 bits per heavy atom. The topological polar surface area (TPSA) is 22.3 Å². The van der Waals surface area contributed by atoms with Crippen LogP contribution in [0.5, 0.6) is 0 Å². The van der Waals surface area contributed by atoms with E-state index in [0.29, 0.717) is 6.04 Å². The number of nitrogens with zero attached hydrogens (tertiary/aromatic N) is 2. The van der Waals surface area contributed by atoms with Crippen molar-refractivity contribution in [1.82, 2.24) is 14.8 Å². The first-order valence-corrected chi connectivity index (χ1v) is 9.94. The summed E-state index contributed by atoms with van der Waals surface area (Å²) >= 11 is 0. The number of aromatic nitrogens is 1. The lowest BCUT2D eigenvalue weighted by Crippen LogP contribution is -2.49. The molecule has 1 aliphatic heterocycles. The molecule has 142 valence electrons. The van der Waals surface area contributed by atoms with Gasteiger partial charge in [-0.05, 0) is 44.0 Å². The second kappa shape index (κ2) is 7.83. The summed E-state index contributed by atoms with van der Waals surface area (Å²) in [6.45, 7) is 10.1. The molecule has 3 nitrogen and oxygen atoms in total. The summed E-state index contributed by atoms with van der Waals surface area (Å²) in [5.41, 5.74) is 4.39. The van der Waals surface area contributed by atoms with E-state index in [9.17, 15) is 4.39 Å². The first-order chi connectivity index (χ1) is 13.1. The largest absolute Gasteiger partial charge is 0.354 e. The van der Waals surface area contributed by atoms with Crippen LogP contribution in [0.1, 0.15) is 19.4 Å². The Hall–Kier alpha value is -2.17. The second-order valence-electron chi connectivity index (χ2n) is 7.76. The van der Waals surface area contributed by atoms with Crippen molar-refractivity contribution in [1.29, 1.82) is 0 Å². The summed E-state index contributed by atoms with van der Waals surface area (Å²) in [7, 11) is 0. The van der Waals surface area contributed by atoms with Gasteiger partial charge < -0.3 is 9.88 Å². The van der Waals surface area contributed by atoms with Crippen molar-refractivity contribution in [2.24, 2.45) is 0 Å². The molecular formula is C23H28FN3. The van der Waals surface area contributed by atoms with E-state index in [1.165, 1.54) is 17.0 Å². The van der Waals surface area contributed by atoms with Gasteiger partial charge in [0.2, 0.25) is 0 Å². The molecule has 4 rings (SSSR count). The van der Waals surface area contributed by atoms with Crippen molar-refractivity contribution in [3.8, 4) is 11.3 Å². The van der Waals surface area contributed by atoms with Crippen LogP contribution in [-0.4, -0.2) is 53.5 Å². The Morgan fingerprint density at radius 2 is 1.78 bits per heavy atom. The fourth-order valence-corrected chi connectivity index (χ4v) is 4.12. The Bertz CT molecular complexity index is 907. The number of nitrogens with one attached hydrogen (secondary N) is 1. The summed E-state index contributed by atoms with van der Waals surface area (Å²) < 4.78 is 13.8. The normalized spacial score (nSPS) is 16.4. The number of hydrogen-bond acceptors (Lipinski definition) is 2. The highest BCUT2D eigenvalue weighted by Gasteiger charge is 2.20. The van der Waals surface area contributed by atoms with Crippen LogP contribution in [0.25, 0.3) is 22.2 Å². The standard InChI is InChI=1S/C23H28FN3/c1-17(2)27-14-12-26(13-15-27)11-10-21-20-8-3-4-9-22(20)25-23(21)18-6-5-7-19(24)16-18/h3-9,16-17,25H,10-15H2,1-2H3. The van der Waals surface area contributed by atoms with Gasteiger partial charge in [-0.3, -0.25) is 4.90 Å². The number of benzene rings is 2. The molecule has 1 saturated heterocycles. The molecule has 4 heteroatoms. The lowest BCUT2D eigenvalue weighted by Gasteiger charge is -2.37. The highest BCUT2D eigenvalue weighted by atomic mass is 19.1. The van der Waals surface area contributed by atoms with Gasteiger partial charge in [-0.2, -0.15) is 0 Å². The van der Waals surface area contributed by atoms with Crippen LogP contribution in [-0.2, 0) is 6.42 Å². The second-order valence-corrected chi connectivity index (χ2v) is 7.76. The minimum Gasteiger partial charge on any atom is -0.354 e. The molecule has 2 heterocycles. The molecule has 3 aromatic rings. The third-order valence-corrected chi connectivity index (χ3v) is 5.74. The molecule has 0 unspecified atom stereocenters. The molecule has 0 amide bonds. The molecule has 0 aliphatic carbocycles. The number of fused-ring (bicyclic) bond motifs is 1. The minimum atomic E-state index is -0.193. The average Bonchev–Trinajstić information content (AvgIpc) is 3.05. The van der Waals surface area contributed by atoms with E-state index in [1.807, 2.05) is 12.1 Å². The number of hydrogen-bond donors (Lipinski definition) is 1. The maximum atomic E-state index is 13.8. The smallest absolute Gasteiger partial charge is 0.123 e. The van der Waals surface area contributed by atoms with Gasteiger partial charge in [0.25, 0.3) is 0 Å². The lowest BCUT2D eigenvalue weighted by molar-refractivity contribution is 0.109. The van der Waals surface area contributed by atoms with Gasteiger partial charge in [0, 0.05) is 60.9 Å². The molecule has 1 aliphatic rings. The van der Waals surface area contributed by atoms with Crippen molar-refractivity contribution in [2.45, 2.75) is 26.3 Å². The van der Waals surface area contributed by atoms with Crippen LogP contribution in [0.2, 0.25) is 0 Å². The summed E-state index contributed by atoms with van der Waals surface area (Å²) in [5, 5.41) is 1.25. The lowest BCUT2D eigenvalue weighted by atomic mass is 10.0. The summed E-state index contributed by atoms with van der Waals surface area (Å²) in [6, 6.07) is 15.9. The Labute approximate surface area is 160 Å². The predicted molar refractivity (Wildman–Crippen MR) is 111 cm³/mol. The number of halogens is 1. The van der Waals surface area contributed by atoms with E-state index in [-0.39, 0.29) is 5.82 Å². The van der Waals surface area contributed by atoms with Crippen molar-refractivity contribution < 1.29 is 4.39 Å². The first kappa shape index (κ1) is 18.2. The van der Waals surface area contributed by atoms with Crippen molar-refractivity contribution >= 4 is 10.9 Å². The van der Waals surface area contributed by atoms with E-state index in [2.05, 4.69) is 46.8 Å². The van der Waals surface area contributed by atoms with Crippen LogP contribution in [0.4, 0.5) is 4.39 Å². The molecule has 0 bridgehead atoms. The molecule has 0 radical (unpaired) electrons. The van der Waals surface area contributed by atoms with E-state index in [1.54, 1.807) is 12.1 Å². The third-order valence-electron chi connectivity index (χ3n) is 5.74. The van der Waals surface area contributed by atoms with E-state index >= 15 is 0 Å². The fourth-order valence-electron chi connectivity index (χ4n) is 4.12. The van der Waals surface area contributed by atoms with E-state index in [4.69, 9.17) is 0 Å². The van der Waals surface area contributed by atoms with E-state index < -0.39 is 0 Å². The molecule has 1 fully saturated rings. The van der Waals surface area contributed by atoms with Crippen LogP contribution in [0.15, 0.2) is 48.5 Å². The monoisotopic (exact) mass is 365 g/mol. The molecule has 0 saturated carbocycles. The summed E-state index contributed by atoms with van der Waals surface area (Å²) in [4.78, 5) is 8.62. The van der Waals surface area contributed by atoms with Crippen LogP contribution in [0.3, 0.4) is 0 Å². The zero-order valence-corrected chi connectivity index (χ0v) is 16.2. The Balaban J connectivity index is 1.57. The van der Waals surface area contributed by atoms with Crippen LogP contribution < -0.4 is 0 Å². The van der Waals surface area contributed by atoms with Gasteiger partial charge in [-0.1, -0.05) is 30.3 Å². The third kappa shape index (κ3) is 3.92. The van der Waals surface area contributed by atoms with Gasteiger partial charge in [0.1, 0.15) is 5.82 Å². The van der Waals surface area contributed by atoms with Crippen molar-refractivity contribution in [3.63, 3.8) is 0 Å². The number of rotatable bonds is 5. The van der Waals surface area contributed by atoms with E-state index in [0.717, 1.165) is 55.9 Å². The zero-order valence-electron chi connectivity index (χ0n) is 16.2. The fraction of sp³-hybridized carbons (Fsp3) is 0.391. The molecule has 0 atom stereocenters. The number of aromatic amines is 1. The maximum absolute atomic E-state index is 13.8. The maximum Gasteiger partial charge on any atom is 0.123 e. The predicted octanol–water partition coefficient (Wildman–Crippen LogP) is 4.54. The Kier molecular flexibility index (Phi) is 5.28.